The minimum absolute atomic E-state index is 0.109. The number of nitrogens with one attached hydrogen (secondary N) is 1. The van der Waals surface area contributed by atoms with Gasteiger partial charge >= 0.3 is 18.3 Å². The molecule has 11 heteroatoms. The van der Waals surface area contributed by atoms with Crippen LogP contribution in [0, 0.1) is 0 Å². The first-order valence-electron chi connectivity index (χ1n) is 7.34. The average molecular weight is 408 g/mol. The number of rotatable bonds is 2. The highest BCUT2D eigenvalue weighted by molar-refractivity contribution is 5.93. The zero-order valence-electron chi connectivity index (χ0n) is 14.2. The Labute approximate surface area is 155 Å². The van der Waals surface area contributed by atoms with Gasteiger partial charge in [-0.1, -0.05) is 12.1 Å². The van der Waals surface area contributed by atoms with Crippen molar-refractivity contribution in [3.8, 4) is 0 Å². The van der Waals surface area contributed by atoms with Crippen LogP contribution in [0.4, 0.5) is 26.3 Å². The molecule has 1 amide bonds. The number of methoxy groups -OCH3 is 1. The maximum Gasteiger partial charge on any atom is 0.416 e. The molecule has 2 aromatic rings. The smallest absolute Gasteiger partial charge is 0.416 e. The number of carbonyl (C=O) groups is 2. The Balaban J connectivity index is 0.000000280. The van der Waals surface area contributed by atoms with E-state index in [1.165, 1.54) is 12.1 Å². The number of benzene rings is 2. The quantitative estimate of drug-likeness (QED) is 0.260. The van der Waals surface area contributed by atoms with E-state index >= 15 is 0 Å². The van der Waals surface area contributed by atoms with Crippen LogP contribution in [-0.2, 0) is 17.1 Å². The molecule has 0 unspecified atom stereocenters. The summed E-state index contributed by atoms with van der Waals surface area (Å²) in [5.74, 6) is 3.25. The molecule has 0 heterocycles. The third-order valence-corrected chi connectivity index (χ3v) is 3.19. The van der Waals surface area contributed by atoms with E-state index in [9.17, 15) is 35.9 Å². The molecule has 0 aliphatic rings. The maximum absolute atomic E-state index is 12.2. The van der Waals surface area contributed by atoms with Gasteiger partial charge < -0.3 is 4.74 Å². The molecule has 0 fully saturated rings. The number of hydrogen-bond acceptors (Lipinski definition) is 4. The van der Waals surface area contributed by atoms with Crippen molar-refractivity contribution in [1.82, 2.24) is 5.43 Å². The summed E-state index contributed by atoms with van der Waals surface area (Å²) in [6, 6.07) is 8.09. The Morgan fingerprint density at radius 2 is 1.29 bits per heavy atom. The second-order valence-corrected chi connectivity index (χ2v) is 5.12. The summed E-state index contributed by atoms with van der Waals surface area (Å²) in [5, 5.41) is 0. The van der Waals surface area contributed by atoms with Crippen molar-refractivity contribution in [2.45, 2.75) is 12.4 Å². The number of esters is 1. The maximum atomic E-state index is 12.2. The largest absolute Gasteiger partial charge is 0.465 e. The predicted octanol–water partition coefficient (Wildman–Crippen LogP) is 3.80. The molecule has 0 aromatic heterocycles. The number of nitrogen functional groups attached to an aromatic ring is 1. The van der Waals surface area contributed by atoms with Gasteiger partial charge in [-0.25, -0.2) is 10.6 Å². The van der Waals surface area contributed by atoms with Gasteiger partial charge in [0.1, 0.15) is 0 Å². The number of halogens is 6. The summed E-state index contributed by atoms with van der Waals surface area (Å²) >= 11 is 0. The number of ether oxygens (including phenoxy) is 1. The van der Waals surface area contributed by atoms with E-state index in [1.54, 1.807) is 5.43 Å². The Bertz CT molecular complexity index is 765. The van der Waals surface area contributed by atoms with E-state index in [4.69, 9.17) is 5.84 Å². The topological polar surface area (TPSA) is 81.4 Å². The number of hydrogen-bond donors (Lipinski definition) is 2. The van der Waals surface area contributed by atoms with Crippen LogP contribution >= 0.6 is 0 Å². The first-order chi connectivity index (χ1) is 12.9. The van der Waals surface area contributed by atoms with Gasteiger partial charge in [0.15, 0.2) is 0 Å². The predicted molar refractivity (Wildman–Crippen MR) is 85.9 cm³/mol. The summed E-state index contributed by atoms with van der Waals surface area (Å²) in [5.41, 5.74) is -0.215. The van der Waals surface area contributed by atoms with Crippen molar-refractivity contribution in [3.63, 3.8) is 0 Å². The fraction of sp³-hybridized carbons (Fsp3) is 0.176. The molecule has 28 heavy (non-hydrogen) atoms. The van der Waals surface area contributed by atoms with Crippen LogP contribution in [0.25, 0.3) is 0 Å². The standard InChI is InChI=1S/C9H7F3O2.C8H7F3N2O/c1-14-8(13)6-3-2-4-7(5-6)9(10,11)12;9-8(10,11)6-3-1-2-5(4-6)7(14)13-12/h2-5H,1H3;1-4H,12H2,(H,13,14). The Hall–Kier alpha value is -3.08. The molecule has 0 saturated carbocycles. The van der Waals surface area contributed by atoms with Gasteiger partial charge in [0.05, 0.1) is 23.8 Å². The van der Waals surface area contributed by atoms with Crippen molar-refractivity contribution in [2.75, 3.05) is 7.11 Å². The van der Waals surface area contributed by atoms with Gasteiger partial charge in [0.25, 0.3) is 5.91 Å². The molecule has 0 atom stereocenters. The van der Waals surface area contributed by atoms with Gasteiger partial charge in [0.2, 0.25) is 0 Å². The van der Waals surface area contributed by atoms with E-state index in [1.807, 2.05) is 0 Å². The molecule has 0 aliphatic carbocycles. The lowest BCUT2D eigenvalue weighted by Gasteiger charge is -2.07. The second-order valence-electron chi connectivity index (χ2n) is 5.12. The first kappa shape index (κ1) is 23.0. The first-order valence-corrected chi connectivity index (χ1v) is 7.34. The molecule has 0 saturated heterocycles. The van der Waals surface area contributed by atoms with Crippen molar-refractivity contribution < 1.29 is 40.7 Å². The van der Waals surface area contributed by atoms with Crippen LogP contribution in [-0.4, -0.2) is 19.0 Å². The van der Waals surface area contributed by atoms with E-state index in [0.717, 1.165) is 43.5 Å². The molecule has 0 aliphatic heterocycles. The molecule has 152 valence electrons. The molecular weight excluding hydrogens is 394 g/mol. The summed E-state index contributed by atoms with van der Waals surface area (Å²) in [4.78, 5) is 21.8. The third kappa shape index (κ3) is 6.58. The van der Waals surface area contributed by atoms with Gasteiger partial charge in [-0.05, 0) is 36.4 Å². The zero-order chi connectivity index (χ0) is 21.5. The van der Waals surface area contributed by atoms with Crippen LogP contribution in [0.1, 0.15) is 31.8 Å². The number of carbonyl (C=O) groups excluding carboxylic acids is 2. The monoisotopic (exact) mass is 408 g/mol. The van der Waals surface area contributed by atoms with Crippen molar-refractivity contribution in [3.05, 3.63) is 70.8 Å². The molecular formula is C17H14F6N2O3. The van der Waals surface area contributed by atoms with Gasteiger partial charge in [-0.3, -0.25) is 10.2 Å². The Morgan fingerprint density at radius 3 is 1.68 bits per heavy atom. The summed E-state index contributed by atoms with van der Waals surface area (Å²) in [6.45, 7) is 0. The summed E-state index contributed by atoms with van der Waals surface area (Å²) in [6.07, 6.45) is -8.89. The number of nitrogens with two attached hydrogens (primary N) is 1. The number of amides is 1. The lowest BCUT2D eigenvalue weighted by atomic mass is 10.1. The molecule has 3 N–H and O–H groups in total. The fourth-order valence-corrected chi connectivity index (χ4v) is 1.86. The molecule has 2 aromatic carbocycles. The fourth-order valence-electron chi connectivity index (χ4n) is 1.86. The molecule has 5 nitrogen and oxygen atoms in total. The average Bonchev–Trinajstić information content (AvgIpc) is 2.66. The molecule has 0 radical (unpaired) electrons. The van der Waals surface area contributed by atoms with Gasteiger partial charge in [-0.15, -0.1) is 0 Å². The highest BCUT2D eigenvalue weighted by Crippen LogP contribution is 2.30. The number of hydrazine groups is 1. The van der Waals surface area contributed by atoms with Crippen LogP contribution < -0.4 is 11.3 Å². The zero-order valence-corrected chi connectivity index (χ0v) is 14.2. The van der Waals surface area contributed by atoms with E-state index in [0.29, 0.717) is 0 Å². The lowest BCUT2D eigenvalue weighted by molar-refractivity contribution is -0.138. The van der Waals surface area contributed by atoms with E-state index in [2.05, 4.69) is 4.74 Å². The van der Waals surface area contributed by atoms with E-state index < -0.39 is 35.4 Å². The lowest BCUT2D eigenvalue weighted by Crippen LogP contribution is -2.30. The Kier molecular flexibility index (Phi) is 7.56. The summed E-state index contributed by atoms with van der Waals surface area (Å²) < 4.78 is 77.4. The SMILES string of the molecule is COC(=O)c1cccc(C(F)(F)F)c1.NNC(=O)c1cccc(C(F)(F)F)c1. The second kappa shape index (κ2) is 9.22. The van der Waals surface area contributed by atoms with Crippen LogP contribution in [0.2, 0.25) is 0 Å². The third-order valence-electron chi connectivity index (χ3n) is 3.19. The highest BCUT2D eigenvalue weighted by Gasteiger charge is 2.31. The van der Waals surface area contributed by atoms with Gasteiger partial charge in [0, 0.05) is 5.56 Å². The molecule has 2 rings (SSSR count). The normalized spacial score (nSPS) is 11.1. The molecule has 0 bridgehead atoms. The van der Waals surface area contributed by atoms with Crippen molar-refractivity contribution >= 4 is 11.9 Å². The Morgan fingerprint density at radius 1 is 0.857 bits per heavy atom. The van der Waals surface area contributed by atoms with Crippen LogP contribution in [0.3, 0.4) is 0 Å². The van der Waals surface area contributed by atoms with Gasteiger partial charge in [-0.2, -0.15) is 26.3 Å². The minimum atomic E-state index is -4.45. The number of alkyl halides is 6. The highest BCUT2D eigenvalue weighted by atomic mass is 19.4. The summed E-state index contributed by atoms with van der Waals surface area (Å²) in [7, 11) is 1.11. The minimum Gasteiger partial charge on any atom is -0.465 e. The van der Waals surface area contributed by atoms with Crippen molar-refractivity contribution in [1.29, 1.82) is 0 Å². The van der Waals surface area contributed by atoms with Crippen LogP contribution in [0.5, 0.6) is 0 Å². The molecule has 0 spiro atoms. The van der Waals surface area contributed by atoms with Crippen LogP contribution in [0.15, 0.2) is 48.5 Å². The van der Waals surface area contributed by atoms with E-state index in [-0.39, 0.29) is 11.1 Å². The van der Waals surface area contributed by atoms with Crippen molar-refractivity contribution in [2.24, 2.45) is 5.84 Å².